The average molecular weight is 376 g/mol. The molecule has 5 rings (SSSR count). The largest absolute Gasteiger partial charge is 0.334 e. The molecule has 1 aliphatic heterocycles. The summed E-state index contributed by atoms with van der Waals surface area (Å²) < 4.78 is 16.3. The van der Waals surface area contributed by atoms with Crippen LogP contribution in [0.1, 0.15) is 48.2 Å². The third-order valence-electron chi connectivity index (χ3n) is 6.59. The molecule has 2 aliphatic rings. The lowest BCUT2D eigenvalue weighted by molar-refractivity contribution is 0.0680. The summed E-state index contributed by atoms with van der Waals surface area (Å²) in [5.74, 6) is 0.524. The van der Waals surface area contributed by atoms with Crippen molar-refractivity contribution in [2.24, 2.45) is 5.92 Å². The minimum atomic E-state index is -0.229. The SMILES string of the molecule is O=C(c1cc2ccccc2n1Cc1ccccc1F)N1CCC2CCCCC21. The highest BCUT2D eigenvalue weighted by Crippen LogP contribution is 2.37. The predicted octanol–water partition coefficient (Wildman–Crippen LogP) is 5.23. The summed E-state index contributed by atoms with van der Waals surface area (Å²) in [6.07, 6.45) is 5.97. The Kier molecular flexibility index (Phi) is 4.42. The Morgan fingerprint density at radius 1 is 1.00 bits per heavy atom. The van der Waals surface area contributed by atoms with Gasteiger partial charge in [0.05, 0.1) is 6.54 Å². The quantitative estimate of drug-likeness (QED) is 0.614. The number of nitrogens with zero attached hydrogens (tertiary/aromatic N) is 2. The van der Waals surface area contributed by atoms with Crippen LogP contribution in [-0.2, 0) is 6.54 Å². The number of likely N-dealkylation sites (tertiary alicyclic amines) is 1. The van der Waals surface area contributed by atoms with Gasteiger partial charge in [-0.25, -0.2) is 4.39 Å². The van der Waals surface area contributed by atoms with Gasteiger partial charge < -0.3 is 9.47 Å². The van der Waals surface area contributed by atoms with Gasteiger partial charge in [0.25, 0.3) is 5.91 Å². The molecule has 28 heavy (non-hydrogen) atoms. The number of benzene rings is 2. The van der Waals surface area contributed by atoms with Gasteiger partial charge in [0.1, 0.15) is 11.5 Å². The summed E-state index contributed by atoms with van der Waals surface area (Å²) in [5, 5.41) is 1.03. The predicted molar refractivity (Wildman–Crippen MR) is 109 cm³/mol. The van der Waals surface area contributed by atoms with Crippen molar-refractivity contribution in [3.05, 3.63) is 71.7 Å². The van der Waals surface area contributed by atoms with Crippen LogP contribution in [0.3, 0.4) is 0 Å². The van der Waals surface area contributed by atoms with E-state index in [4.69, 9.17) is 0 Å². The fourth-order valence-electron chi connectivity index (χ4n) is 5.16. The van der Waals surface area contributed by atoms with E-state index in [1.807, 2.05) is 41.0 Å². The summed E-state index contributed by atoms with van der Waals surface area (Å²) in [7, 11) is 0. The maximum absolute atomic E-state index is 14.3. The summed E-state index contributed by atoms with van der Waals surface area (Å²) in [5.41, 5.74) is 2.26. The first-order valence-corrected chi connectivity index (χ1v) is 10.3. The normalized spacial score (nSPS) is 21.8. The van der Waals surface area contributed by atoms with Crippen LogP contribution in [0.15, 0.2) is 54.6 Å². The van der Waals surface area contributed by atoms with E-state index < -0.39 is 0 Å². The maximum Gasteiger partial charge on any atom is 0.270 e. The second kappa shape index (κ2) is 7.08. The van der Waals surface area contributed by atoms with Crippen molar-refractivity contribution in [2.45, 2.75) is 44.7 Å². The minimum absolute atomic E-state index is 0.0990. The standard InChI is InChI=1S/C24H25FN2O/c25-20-10-4-1-9-19(20)16-27-22-12-6-3-8-18(22)15-23(27)24(28)26-14-13-17-7-2-5-11-21(17)26/h1,3-4,6,8-10,12,15,17,21H,2,5,7,11,13-14,16H2. The molecule has 2 fully saturated rings. The molecular formula is C24H25FN2O. The van der Waals surface area contributed by atoms with Gasteiger partial charge in [-0.05, 0) is 43.4 Å². The average Bonchev–Trinajstić information content (AvgIpc) is 3.31. The van der Waals surface area contributed by atoms with Gasteiger partial charge in [0.15, 0.2) is 0 Å². The Morgan fingerprint density at radius 2 is 1.79 bits per heavy atom. The topological polar surface area (TPSA) is 25.2 Å². The van der Waals surface area contributed by atoms with Gasteiger partial charge in [-0.15, -0.1) is 0 Å². The van der Waals surface area contributed by atoms with E-state index in [0.29, 0.717) is 29.8 Å². The maximum atomic E-state index is 14.3. The van der Waals surface area contributed by atoms with Crippen LogP contribution in [0.2, 0.25) is 0 Å². The van der Waals surface area contributed by atoms with Crippen LogP contribution in [0.4, 0.5) is 4.39 Å². The molecule has 2 unspecified atom stereocenters. The molecule has 1 amide bonds. The number of hydrogen-bond acceptors (Lipinski definition) is 1. The highest BCUT2D eigenvalue weighted by Gasteiger charge is 2.39. The Morgan fingerprint density at radius 3 is 2.68 bits per heavy atom. The van der Waals surface area contributed by atoms with Gasteiger partial charge in [0, 0.05) is 29.1 Å². The second-order valence-corrected chi connectivity index (χ2v) is 8.17. The van der Waals surface area contributed by atoms with E-state index in [2.05, 4.69) is 4.90 Å². The lowest BCUT2D eigenvalue weighted by Crippen LogP contribution is -2.40. The number of halogens is 1. The first-order chi connectivity index (χ1) is 13.7. The van der Waals surface area contributed by atoms with Crippen molar-refractivity contribution >= 4 is 16.8 Å². The number of fused-ring (bicyclic) bond motifs is 2. The molecule has 144 valence electrons. The number of rotatable bonds is 3. The number of carbonyl (C=O) groups is 1. The molecule has 1 saturated heterocycles. The molecule has 2 heterocycles. The molecule has 3 nitrogen and oxygen atoms in total. The number of amides is 1. The fourth-order valence-corrected chi connectivity index (χ4v) is 5.16. The lowest BCUT2D eigenvalue weighted by atomic mass is 9.85. The molecule has 0 radical (unpaired) electrons. The zero-order valence-corrected chi connectivity index (χ0v) is 16.0. The molecule has 0 spiro atoms. The third-order valence-corrected chi connectivity index (χ3v) is 6.59. The van der Waals surface area contributed by atoms with E-state index in [1.54, 1.807) is 12.1 Å². The summed E-state index contributed by atoms with van der Waals surface area (Å²) >= 11 is 0. The molecule has 0 bridgehead atoms. The monoisotopic (exact) mass is 376 g/mol. The minimum Gasteiger partial charge on any atom is -0.334 e. The summed E-state index contributed by atoms with van der Waals surface area (Å²) in [6, 6.07) is 17.2. The van der Waals surface area contributed by atoms with Gasteiger partial charge in [-0.3, -0.25) is 4.79 Å². The highest BCUT2D eigenvalue weighted by molar-refractivity contribution is 5.99. The van der Waals surface area contributed by atoms with Crippen LogP contribution in [0.25, 0.3) is 10.9 Å². The first-order valence-electron chi connectivity index (χ1n) is 10.3. The first kappa shape index (κ1) is 17.5. The Balaban J connectivity index is 1.55. The van der Waals surface area contributed by atoms with E-state index >= 15 is 0 Å². The van der Waals surface area contributed by atoms with E-state index in [1.165, 1.54) is 25.3 Å². The van der Waals surface area contributed by atoms with Crippen LogP contribution < -0.4 is 0 Å². The van der Waals surface area contributed by atoms with E-state index in [-0.39, 0.29) is 11.7 Å². The number of carbonyl (C=O) groups excluding carboxylic acids is 1. The molecule has 2 aromatic carbocycles. The number of para-hydroxylation sites is 1. The van der Waals surface area contributed by atoms with Crippen molar-refractivity contribution in [3.8, 4) is 0 Å². The van der Waals surface area contributed by atoms with Crippen molar-refractivity contribution < 1.29 is 9.18 Å². The van der Waals surface area contributed by atoms with Crippen molar-refractivity contribution in [2.75, 3.05) is 6.54 Å². The van der Waals surface area contributed by atoms with Crippen LogP contribution >= 0.6 is 0 Å². The zero-order chi connectivity index (χ0) is 19.1. The van der Waals surface area contributed by atoms with Crippen molar-refractivity contribution in [1.29, 1.82) is 0 Å². The molecule has 1 saturated carbocycles. The Hall–Kier alpha value is -2.62. The van der Waals surface area contributed by atoms with Crippen LogP contribution in [-0.4, -0.2) is 28.0 Å². The highest BCUT2D eigenvalue weighted by atomic mass is 19.1. The van der Waals surface area contributed by atoms with Gasteiger partial charge in [0.2, 0.25) is 0 Å². The third kappa shape index (κ3) is 2.92. The molecule has 3 aromatic rings. The number of aromatic nitrogens is 1. The van der Waals surface area contributed by atoms with Crippen molar-refractivity contribution in [3.63, 3.8) is 0 Å². The van der Waals surface area contributed by atoms with Gasteiger partial charge >= 0.3 is 0 Å². The molecule has 2 atom stereocenters. The molecule has 1 aromatic heterocycles. The molecule has 0 N–H and O–H groups in total. The smallest absolute Gasteiger partial charge is 0.270 e. The molecular weight excluding hydrogens is 351 g/mol. The molecule has 1 aliphatic carbocycles. The van der Waals surface area contributed by atoms with Crippen molar-refractivity contribution in [1.82, 2.24) is 9.47 Å². The van der Waals surface area contributed by atoms with E-state index in [0.717, 1.165) is 30.3 Å². The number of hydrogen-bond donors (Lipinski definition) is 0. The lowest BCUT2D eigenvalue weighted by Gasteiger charge is -2.32. The summed E-state index contributed by atoms with van der Waals surface area (Å²) in [6.45, 7) is 1.21. The van der Waals surface area contributed by atoms with E-state index in [9.17, 15) is 9.18 Å². The fraction of sp³-hybridized carbons (Fsp3) is 0.375. The Bertz CT molecular complexity index is 1020. The van der Waals surface area contributed by atoms with Crippen LogP contribution in [0.5, 0.6) is 0 Å². The van der Waals surface area contributed by atoms with Gasteiger partial charge in [-0.2, -0.15) is 0 Å². The molecule has 4 heteroatoms. The van der Waals surface area contributed by atoms with Crippen LogP contribution in [0, 0.1) is 11.7 Å². The Labute approximate surface area is 164 Å². The second-order valence-electron chi connectivity index (χ2n) is 8.17. The summed E-state index contributed by atoms with van der Waals surface area (Å²) in [4.78, 5) is 15.7. The van der Waals surface area contributed by atoms with Gasteiger partial charge in [-0.1, -0.05) is 49.2 Å². The zero-order valence-electron chi connectivity index (χ0n) is 16.0.